The van der Waals surface area contributed by atoms with Gasteiger partial charge in [-0.15, -0.1) is 0 Å². The molecule has 0 unspecified atom stereocenters. The molecule has 4 rings (SSSR count). The number of aryl methyl sites for hydroxylation is 1. The summed E-state index contributed by atoms with van der Waals surface area (Å²) in [4.78, 5) is 22.7. The van der Waals surface area contributed by atoms with Crippen molar-refractivity contribution >= 4 is 17.3 Å². The Labute approximate surface area is 176 Å². The lowest BCUT2D eigenvalue weighted by molar-refractivity contribution is -0.385. The predicted molar refractivity (Wildman–Crippen MR) is 109 cm³/mol. The molecule has 31 heavy (non-hydrogen) atoms. The smallest absolute Gasteiger partial charge is 0.307 e. The number of nitrogens with zero attached hydrogens (tertiary/aromatic N) is 7. The van der Waals surface area contributed by atoms with Gasteiger partial charge in [0.05, 0.1) is 36.1 Å². The van der Waals surface area contributed by atoms with E-state index in [1.807, 2.05) is 24.7 Å². The summed E-state index contributed by atoms with van der Waals surface area (Å²) in [5.41, 5.74) is 2.55. The molecule has 0 aliphatic heterocycles. The van der Waals surface area contributed by atoms with Crippen molar-refractivity contribution in [2.24, 2.45) is 0 Å². The summed E-state index contributed by atoms with van der Waals surface area (Å²) in [5, 5.41) is 26.0. The minimum Gasteiger partial charge on any atom is -0.454 e. The summed E-state index contributed by atoms with van der Waals surface area (Å²) in [7, 11) is 0. The highest BCUT2D eigenvalue weighted by atomic mass is 16.6. The third-order valence-corrected chi connectivity index (χ3v) is 4.76. The van der Waals surface area contributed by atoms with Crippen molar-refractivity contribution in [3.8, 4) is 0 Å². The van der Waals surface area contributed by atoms with E-state index >= 15 is 0 Å². The first-order chi connectivity index (χ1) is 14.9. The van der Waals surface area contributed by atoms with E-state index in [0.29, 0.717) is 18.0 Å². The van der Waals surface area contributed by atoms with E-state index in [4.69, 9.17) is 4.42 Å². The number of anilines is 1. The molecule has 0 atom stereocenters. The Morgan fingerprint density at radius 1 is 1.13 bits per heavy atom. The van der Waals surface area contributed by atoms with Crippen LogP contribution in [0, 0.1) is 17.0 Å². The van der Waals surface area contributed by atoms with Gasteiger partial charge in [0.25, 0.3) is 5.91 Å². The zero-order valence-corrected chi connectivity index (χ0v) is 16.9. The standard InChI is InChI=1S/C19H20N8O4/c1-3-26-13(2)14(6-22-26)9-24-10-15(7-20-24)23-19(28)18-5-4-17(31-18)12-25-11-16(8-21-25)27(29)30/h4-8,10-11H,3,9,12H2,1-2H3,(H,23,28). The highest BCUT2D eigenvalue weighted by Crippen LogP contribution is 2.16. The number of aromatic nitrogens is 6. The summed E-state index contributed by atoms with van der Waals surface area (Å²) < 4.78 is 10.5. The Hall–Kier alpha value is -4.22. The van der Waals surface area contributed by atoms with Gasteiger partial charge < -0.3 is 9.73 Å². The van der Waals surface area contributed by atoms with Crippen LogP contribution in [0.15, 0.2) is 47.5 Å². The van der Waals surface area contributed by atoms with Crippen LogP contribution < -0.4 is 5.32 Å². The van der Waals surface area contributed by atoms with Gasteiger partial charge in [-0.1, -0.05) is 0 Å². The van der Waals surface area contributed by atoms with Gasteiger partial charge in [0.2, 0.25) is 0 Å². The van der Waals surface area contributed by atoms with Crippen molar-refractivity contribution in [3.05, 3.63) is 76.0 Å². The SMILES string of the molecule is CCn1ncc(Cn2cc(NC(=O)c3ccc(Cn4cc([N+](=O)[O-])cn4)o3)cn2)c1C. The molecule has 0 aliphatic rings. The van der Waals surface area contributed by atoms with Crippen LogP contribution in [-0.4, -0.2) is 40.2 Å². The highest BCUT2D eigenvalue weighted by molar-refractivity contribution is 6.02. The molecule has 4 heterocycles. The molecule has 0 saturated heterocycles. The second-order valence-electron chi connectivity index (χ2n) is 6.87. The van der Waals surface area contributed by atoms with Gasteiger partial charge in [-0.3, -0.25) is 29.0 Å². The molecule has 0 saturated carbocycles. The normalized spacial score (nSPS) is 11.0. The van der Waals surface area contributed by atoms with Crippen LogP contribution in [0.2, 0.25) is 0 Å². The molecule has 4 aromatic heterocycles. The Kier molecular flexibility index (Phi) is 5.35. The van der Waals surface area contributed by atoms with Crippen molar-refractivity contribution in [3.63, 3.8) is 0 Å². The van der Waals surface area contributed by atoms with Gasteiger partial charge >= 0.3 is 5.69 Å². The number of hydrogen-bond donors (Lipinski definition) is 1. The molecule has 0 fully saturated rings. The maximum absolute atomic E-state index is 12.5. The van der Waals surface area contributed by atoms with Crippen LogP contribution >= 0.6 is 0 Å². The Balaban J connectivity index is 1.37. The van der Waals surface area contributed by atoms with Crippen LogP contribution in [0.4, 0.5) is 11.4 Å². The molecule has 12 heteroatoms. The molecule has 1 N–H and O–H groups in total. The van der Waals surface area contributed by atoms with Crippen molar-refractivity contribution in [2.75, 3.05) is 5.32 Å². The largest absolute Gasteiger partial charge is 0.454 e. The molecular weight excluding hydrogens is 404 g/mol. The lowest BCUT2D eigenvalue weighted by atomic mass is 10.2. The van der Waals surface area contributed by atoms with E-state index < -0.39 is 10.8 Å². The Morgan fingerprint density at radius 3 is 2.61 bits per heavy atom. The zero-order chi connectivity index (χ0) is 22.0. The van der Waals surface area contributed by atoms with Gasteiger partial charge in [-0.2, -0.15) is 15.3 Å². The van der Waals surface area contributed by atoms with Crippen molar-refractivity contribution in [1.82, 2.24) is 29.3 Å². The Bertz CT molecular complexity index is 1230. The first-order valence-electron chi connectivity index (χ1n) is 9.53. The number of rotatable bonds is 8. The topological polar surface area (TPSA) is 139 Å². The molecule has 4 aromatic rings. The van der Waals surface area contributed by atoms with Crippen LogP contribution in [0.1, 0.15) is 34.5 Å². The number of carbonyl (C=O) groups excluding carboxylic acids is 1. The van der Waals surface area contributed by atoms with Gasteiger partial charge in [0.1, 0.15) is 18.2 Å². The number of furan rings is 1. The molecule has 12 nitrogen and oxygen atoms in total. The minimum atomic E-state index is -0.526. The molecule has 0 bridgehead atoms. The quantitative estimate of drug-likeness (QED) is 0.338. The van der Waals surface area contributed by atoms with Crippen LogP contribution in [-0.2, 0) is 19.6 Å². The predicted octanol–water partition coefficient (Wildman–Crippen LogP) is 2.45. The van der Waals surface area contributed by atoms with E-state index in [-0.39, 0.29) is 18.0 Å². The average molecular weight is 424 g/mol. The van der Waals surface area contributed by atoms with Gasteiger partial charge in [-0.25, -0.2) is 0 Å². The van der Waals surface area contributed by atoms with Crippen LogP contribution in [0.25, 0.3) is 0 Å². The fourth-order valence-electron chi connectivity index (χ4n) is 3.12. The summed E-state index contributed by atoms with van der Waals surface area (Å²) in [5.74, 6) is 0.138. The van der Waals surface area contributed by atoms with Crippen molar-refractivity contribution in [2.45, 2.75) is 33.5 Å². The summed E-state index contributed by atoms with van der Waals surface area (Å²) >= 11 is 0. The lowest BCUT2D eigenvalue weighted by Crippen LogP contribution is -2.10. The Morgan fingerprint density at radius 2 is 1.90 bits per heavy atom. The van der Waals surface area contributed by atoms with Crippen LogP contribution in [0.3, 0.4) is 0 Å². The van der Waals surface area contributed by atoms with Gasteiger partial charge in [0, 0.05) is 24.0 Å². The van der Waals surface area contributed by atoms with Crippen molar-refractivity contribution < 1.29 is 14.1 Å². The number of nitrogens with one attached hydrogen (secondary N) is 1. The maximum atomic E-state index is 12.5. The first-order valence-corrected chi connectivity index (χ1v) is 9.53. The van der Waals surface area contributed by atoms with E-state index in [9.17, 15) is 14.9 Å². The summed E-state index contributed by atoms with van der Waals surface area (Å²) in [6.07, 6.45) is 7.56. The average Bonchev–Trinajstić information content (AvgIpc) is 3.52. The molecule has 160 valence electrons. The van der Waals surface area contributed by atoms with E-state index in [1.54, 1.807) is 23.1 Å². The highest BCUT2D eigenvalue weighted by Gasteiger charge is 2.15. The van der Waals surface area contributed by atoms with E-state index in [0.717, 1.165) is 24.0 Å². The van der Waals surface area contributed by atoms with Gasteiger partial charge in [0.15, 0.2) is 5.76 Å². The second-order valence-corrected chi connectivity index (χ2v) is 6.87. The molecular formula is C19H20N8O4. The van der Waals surface area contributed by atoms with Crippen molar-refractivity contribution in [1.29, 1.82) is 0 Å². The van der Waals surface area contributed by atoms with E-state index in [1.165, 1.54) is 16.9 Å². The number of nitro groups is 1. The number of hydrogen-bond acceptors (Lipinski definition) is 7. The fourth-order valence-corrected chi connectivity index (χ4v) is 3.12. The van der Waals surface area contributed by atoms with Gasteiger partial charge in [-0.05, 0) is 26.0 Å². The zero-order valence-electron chi connectivity index (χ0n) is 16.9. The fraction of sp³-hybridized carbons (Fsp3) is 0.263. The minimum absolute atomic E-state index is 0.112. The summed E-state index contributed by atoms with van der Waals surface area (Å²) in [6.45, 7) is 5.55. The molecule has 0 aromatic carbocycles. The third-order valence-electron chi connectivity index (χ3n) is 4.76. The maximum Gasteiger partial charge on any atom is 0.307 e. The molecule has 0 radical (unpaired) electrons. The second kappa shape index (κ2) is 8.26. The molecule has 0 spiro atoms. The first kappa shape index (κ1) is 20.1. The van der Waals surface area contributed by atoms with Crippen LogP contribution in [0.5, 0.6) is 0 Å². The lowest BCUT2D eigenvalue weighted by Gasteiger charge is -2.03. The monoisotopic (exact) mass is 424 g/mol. The third kappa shape index (κ3) is 4.37. The molecule has 0 aliphatic carbocycles. The summed E-state index contributed by atoms with van der Waals surface area (Å²) in [6, 6.07) is 3.16. The molecule has 1 amide bonds. The number of amides is 1. The number of carbonyl (C=O) groups is 1. The van der Waals surface area contributed by atoms with E-state index in [2.05, 4.69) is 20.6 Å².